The summed E-state index contributed by atoms with van der Waals surface area (Å²) in [5.41, 5.74) is 11.1. The van der Waals surface area contributed by atoms with E-state index in [-0.39, 0.29) is 11.3 Å². The normalized spacial score (nSPS) is 14.7. The molecule has 148 valence electrons. The van der Waals surface area contributed by atoms with Crippen molar-refractivity contribution in [1.82, 2.24) is 19.9 Å². The molecule has 29 heavy (non-hydrogen) atoms. The lowest BCUT2D eigenvalue weighted by Gasteiger charge is -2.26. The molecule has 0 fully saturated rings. The minimum absolute atomic E-state index is 0.0412. The Bertz CT molecular complexity index is 1150. The van der Waals surface area contributed by atoms with Gasteiger partial charge in [0.15, 0.2) is 0 Å². The zero-order chi connectivity index (χ0) is 20.4. The topological polar surface area (TPSA) is 105 Å². The Morgan fingerprint density at radius 1 is 1.24 bits per heavy atom. The Morgan fingerprint density at radius 3 is 2.76 bits per heavy atom. The van der Waals surface area contributed by atoms with Crippen molar-refractivity contribution in [3.8, 4) is 0 Å². The number of carbonyl (C=O) groups excluding carboxylic acids is 1. The monoisotopic (exact) mass is 389 g/mol. The molecule has 1 amide bonds. The fourth-order valence-electron chi connectivity index (χ4n) is 3.62. The summed E-state index contributed by atoms with van der Waals surface area (Å²) in [6.45, 7) is 4.46. The van der Waals surface area contributed by atoms with E-state index in [9.17, 15) is 9.59 Å². The Morgan fingerprint density at radius 2 is 2.10 bits per heavy atom. The first-order valence-electron chi connectivity index (χ1n) is 9.72. The lowest BCUT2D eigenvalue weighted by atomic mass is 10.0. The lowest BCUT2D eigenvalue weighted by molar-refractivity contribution is 0.0995. The minimum Gasteiger partial charge on any atom is -0.364 e. The molecule has 0 saturated heterocycles. The van der Waals surface area contributed by atoms with Crippen LogP contribution in [0.5, 0.6) is 0 Å². The number of H-pyrrole nitrogens is 1. The van der Waals surface area contributed by atoms with E-state index < -0.39 is 5.91 Å². The van der Waals surface area contributed by atoms with Gasteiger partial charge in [0.25, 0.3) is 11.5 Å². The molecule has 7 nitrogen and oxygen atoms in total. The third-order valence-electron chi connectivity index (χ3n) is 5.29. The number of fused-ring (bicyclic) bond motifs is 1. The predicted octanol–water partition coefficient (Wildman–Crippen LogP) is 2.27. The van der Waals surface area contributed by atoms with Gasteiger partial charge in [-0.05, 0) is 47.7 Å². The number of nitrogens with one attached hydrogen (secondary N) is 1. The van der Waals surface area contributed by atoms with Gasteiger partial charge in [0.05, 0.1) is 11.0 Å². The Hall–Kier alpha value is -3.32. The third-order valence-corrected chi connectivity index (χ3v) is 5.29. The zero-order valence-electron chi connectivity index (χ0n) is 16.3. The Kier molecular flexibility index (Phi) is 5.22. The second kappa shape index (κ2) is 7.97. The fraction of sp³-hybridized carbons (Fsp3) is 0.273. The molecule has 7 heteroatoms. The second-order valence-corrected chi connectivity index (χ2v) is 7.26. The first kappa shape index (κ1) is 19.0. The number of pyridine rings is 3. The number of hydrogen-bond acceptors (Lipinski definition) is 5. The van der Waals surface area contributed by atoms with Crippen LogP contribution >= 0.6 is 0 Å². The van der Waals surface area contributed by atoms with Crippen molar-refractivity contribution < 1.29 is 4.79 Å². The number of aryl methyl sites for hydroxylation is 1. The second-order valence-electron chi connectivity index (χ2n) is 7.26. The van der Waals surface area contributed by atoms with E-state index in [1.807, 2.05) is 31.3 Å². The Balaban J connectivity index is 1.46. The number of aromatic amines is 1. The molecule has 4 heterocycles. The number of rotatable bonds is 5. The maximum Gasteiger partial charge on any atom is 0.267 e. The summed E-state index contributed by atoms with van der Waals surface area (Å²) in [6.07, 6.45) is 7.36. The van der Waals surface area contributed by atoms with Gasteiger partial charge in [0.1, 0.15) is 5.69 Å². The van der Waals surface area contributed by atoms with Gasteiger partial charge >= 0.3 is 0 Å². The van der Waals surface area contributed by atoms with Crippen LogP contribution in [0.4, 0.5) is 0 Å². The van der Waals surface area contributed by atoms with Crippen molar-refractivity contribution in [1.29, 1.82) is 0 Å². The van der Waals surface area contributed by atoms with E-state index >= 15 is 0 Å². The zero-order valence-corrected chi connectivity index (χ0v) is 16.3. The Labute approximate surface area is 168 Å². The van der Waals surface area contributed by atoms with Crippen molar-refractivity contribution in [2.75, 3.05) is 13.1 Å². The molecule has 0 spiro atoms. The smallest absolute Gasteiger partial charge is 0.267 e. The molecule has 0 aliphatic carbocycles. The van der Waals surface area contributed by atoms with Gasteiger partial charge in [-0.1, -0.05) is 19.1 Å². The third kappa shape index (κ3) is 4.09. The van der Waals surface area contributed by atoms with E-state index in [0.29, 0.717) is 6.42 Å². The standard InChI is InChI=1S/C22H23N5O2/c1-2-15-10-19-20(26-22(15)29)9-14(11-24-19)13-27-7-5-16(6-8-27)17-3-4-18(21(23)28)25-12-17/h3-5,9-12H,2,6-8,13H2,1H3,(H2,23,28)(H,26,29). The highest BCUT2D eigenvalue weighted by molar-refractivity contribution is 5.90. The highest BCUT2D eigenvalue weighted by Crippen LogP contribution is 2.23. The number of nitrogens with zero attached hydrogens (tertiary/aromatic N) is 3. The summed E-state index contributed by atoms with van der Waals surface area (Å²) in [5.74, 6) is -0.517. The van der Waals surface area contributed by atoms with E-state index in [0.717, 1.165) is 53.8 Å². The SMILES string of the molecule is CCc1cc2ncc(CN3CC=C(c4ccc(C(N)=O)nc4)CC3)cc2[nH]c1=O. The van der Waals surface area contributed by atoms with E-state index in [4.69, 9.17) is 5.73 Å². The van der Waals surface area contributed by atoms with Crippen molar-refractivity contribution in [3.63, 3.8) is 0 Å². The fourth-order valence-corrected chi connectivity index (χ4v) is 3.62. The van der Waals surface area contributed by atoms with Crippen LogP contribution in [-0.4, -0.2) is 38.8 Å². The first-order chi connectivity index (χ1) is 14.0. The maximum atomic E-state index is 12.1. The van der Waals surface area contributed by atoms with Gasteiger partial charge in [-0.3, -0.25) is 24.5 Å². The van der Waals surface area contributed by atoms with E-state index in [1.54, 1.807) is 12.3 Å². The molecule has 0 atom stereocenters. The molecular weight excluding hydrogens is 366 g/mol. The number of hydrogen-bond donors (Lipinski definition) is 2. The largest absolute Gasteiger partial charge is 0.364 e. The number of amides is 1. The highest BCUT2D eigenvalue weighted by atomic mass is 16.1. The molecule has 0 saturated carbocycles. The summed E-state index contributed by atoms with van der Waals surface area (Å²) in [4.78, 5) is 37.1. The van der Waals surface area contributed by atoms with E-state index in [2.05, 4.69) is 25.9 Å². The molecule has 0 radical (unpaired) electrons. The highest BCUT2D eigenvalue weighted by Gasteiger charge is 2.15. The van der Waals surface area contributed by atoms with Crippen LogP contribution < -0.4 is 11.3 Å². The number of primary amides is 1. The van der Waals surface area contributed by atoms with Crippen LogP contribution in [0.1, 0.15) is 40.5 Å². The van der Waals surface area contributed by atoms with Crippen LogP contribution in [0, 0.1) is 0 Å². The molecule has 0 bridgehead atoms. The van der Waals surface area contributed by atoms with E-state index in [1.165, 1.54) is 5.57 Å². The molecule has 1 aliphatic heterocycles. The quantitative estimate of drug-likeness (QED) is 0.696. The number of nitrogens with two attached hydrogens (primary N) is 1. The summed E-state index contributed by atoms with van der Waals surface area (Å²) >= 11 is 0. The lowest BCUT2D eigenvalue weighted by Crippen LogP contribution is -2.28. The van der Waals surface area contributed by atoms with Crippen LogP contribution in [-0.2, 0) is 13.0 Å². The van der Waals surface area contributed by atoms with Gasteiger partial charge in [0.2, 0.25) is 0 Å². The number of aromatic nitrogens is 3. The minimum atomic E-state index is -0.517. The molecule has 1 aliphatic rings. The van der Waals surface area contributed by atoms with Gasteiger partial charge < -0.3 is 10.7 Å². The molecule has 0 unspecified atom stereocenters. The molecule has 3 N–H and O–H groups in total. The summed E-state index contributed by atoms with van der Waals surface area (Å²) in [6, 6.07) is 7.43. The van der Waals surface area contributed by atoms with Crippen molar-refractivity contribution in [2.24, 2.45) is 5.73 Å². The summed E-state index contributed by atoms with van der Waals surface area (Å²) in [5, 5.41) is 0. The van der Waals surface area contributed by atoms with Crippen molar-refractivity contribution in [2.45, 2.75) is 26.3 Å². The van der Waals surface area contributed by atoms with Crippen molar-refractivity contribution in [3.05, 3.63) is 75.5 Å². The molecule has 3 aromatic heterocycles. The van der Waals surface area contributed by atoms with Crippen LogP contribution in [0.3, 0.4) is 0 Å². The average Bonchev–Trinajstić information content (AvgIpc) is 2.74. The average molecular weight is 389 g/mol. The molecule has 4 rings (SSSR count). The summed E-state index contributed by atoms with van der Waals surface area (Å²) in [7, 11) is 0. The summed E-state index contributed by atoms with van der Waals surface area (Å²) < 4.78 is 0. The first-order valence-corrected chi connectivity index (χ1v) is 9.72. The molecule has 0 aromatic carbocycles. The maximum absolute atomic E-state index is 12.1. The van der Waals surface area contributed by atoms with Gasteiger partial charge in [0, 0.05) is 37.6 Å². The van der Waals surface area contributed by atoms with Crippen LogP contribution in [0.25, 0.3) is 16.6 Å². The van der Waals surface area contributed by atoms with Gasteiger partial charge in [-0.15, -0.1) is 0 Å². The van der Waals surface area contributed by atoms with Gasteiger partial charge in [-0.25, -0.2) is 0 Å². The van der Waals surface area contributed by atoms with Gasteiger partial charge in [-0.2, -0.15) is 0 Å². The van der Waals surface area contributed by atoms with Crippen molar-refractivity contribution >= 4 is 22.5 Å². The van der Waals surface area contributed by atoms with Crippen LogP contribution in [0.2, 0.25) is 0 Å². The molecular formula is C22H23N5O2. The predicted molar refractivity (Wildman–Crippen MR) is 112 cm³/mol. The number of carbonyl (C=O) groups is 1. The van der Waals surface area contributed by atoms with Crippen LogP contribution in [0.15, 0.2) is 47.5 Å². The molecule has 3 aromatic rings.